The molecule has 0 radical (unpaired) electrons. The van der Waals surface area contributed by atoms with Gasteiger partial charge in [0.15, 0.2) is 0 Å². The molecule has 1 atom stereocenters. The summed E-state index contributed by atoms with van der Waals surface area (Å²) < 4.78 is 48.3. The fourth-order valence-corrected chi connectivity index (χ4v) is 3.04. The molecule has 0 aliphatic heterocycles. The van der Waals surface area contributed by atoms with Crippen LogP contribution >= 0.6 is 11.6 Å². The number of rotatable bonds is 5. The van der Waals surface area contributed by atoms with Crippen molar-refractivity contribution in [2.24, 2.45) is 0 Å². The Morgan fingerprint density at radius 3 is 2.31 bits per heavy atom. The topological polar surface area (TPSA) is 95.7 Å². The second kappa shape index (κ2) is 8.48. The number of esters is 2. The Morgan fingerprint density at radius 2 is 1.79 bits per heavy atom. The second-order valence-corrected chi connectivity index (χ2v) is 6.08. The van der Waals surface area contributed by atoms with Gasteiger partial charge in [0.1, 0.15) is 5.92 Å². The summed E-state index contributed by atoms with van der Waals surface area (Å²) in [7, 11) is 2.06. The van der Waals surface area contributed by atoms with Gasteiger partial charge in [0.2, 0.25) is 0 Å². The van der Waals surface area contributed by atoms with E-state index >= 15 is 0 Å². The first kappa shape index (κ1) is 22.2. The lowest BCUT2D eigenvalue weighted by Crippen LogP contribution is -2.21. The zero-order chi connectivity index (χ0) is 21.9. The van der Waals surface area contributed by atoms with Crippen molar-refractivity contribution in [3.63, 3.8) is 0 Å². The molecule has 2 rings (SSSR count). The summed E-state index contributed by atoms with van der Waals surface area (Å²) in [6, 6.07) is 5.64. The molecular weight excluding hydrogens is 419 g/mol. The zero-order valence-electron chi connectivity index (χ0n) is 15.0. The average Bonchev–Trinajstić information content (AvgIpc) is 2.67. The van der Waals surface area contributed by atoms with E-state index in [1.807, 2.05) is 0 Å². The number of carbonyl (C=O) groups is 2. The van der Waals surface area contributed by atoms with Crippen LogP contribution in [-0.2, 0) is 20.4 Å². The monoisotopic (exact) mass is 431 g/mol. The molecule has 7 nitrogen and oxygen atoms in total. The van der Waals surface area contributed by atoms with E-state index in [1.54, 1.807) is 0 Å². The molecule has 0 bridgehead atoms. The first-order valence-electron chi connectivity index (χ1n) is 7.83. The number of nitro groups is 1. The Balaban J connectivity index is 2.85. The number of methoxy groups -OCH3 is 2. The van der Waals surface area contributed by atoms with Gasteiger partial charge < -0.3 is 9.47 Å². The van der Waals surface area contributed by atoms with E-state index < -0.39 is 45.8 Å². The highest BCUT2D eigenvalue weighted by Crippen LogP contribution is 2.41. The smallest absolute Gasteiger partial charge is 0.416 e. The Kier molecular flexibility index (Phi) is 6.48. The number of hydrogen-bond acceptors (Lipinski definition) is 6. The zero-order valence-corrected chi connectivity index (χ0v) is 15.7. The molecule has 11 heteroatoms. The van der Waals surface area contributed by atoms with Crippen LogP contribution in [0.2, 0.25) is 5.02 Å². The predicted molar refractivity (Wildman–Crippen MR) is 94.7 cm³/mol. The molecule has 0 amide bonds. The minimum atomic E-state index is -4.84. The van der Waals surface area contributed by atoms with Gasteiger partial charge in [0, 0.05) is 22.2 Å². The number of ether oxygens (including phenoxy) is 2. The molecule has 0 aromatic heterocycles. The Hall–Kier alpha value is -3.14. The van der Waals surface area contributed by atoms with Gasteiger partial charge in [0.05, 0.1) is 30.3 Å². The SMILES string of the molecule is COC(=O)c1cccc(Cl)c1C(C(=O)OC)c1ccc(C(F)(F)F)cc1[N+](=O)[O-]. The van der Waals surface area contributed by atoms with Crippen molar-refractivity contribution >= 4 is 29.2 Å². The molecule has 2 aromatic carbocycles. The van der Waals surface area contributed by atoms with Crippen molar-refractivity contribution in [3.05, 3.63) is 73.8 Å². The van der Waals surface area contributed by atoms with Gasteiger partial charge in [-0.15, -0.1) is 0 Å². The molecule has 0 spiro atoms. The predicted octanol–water partition coefficient (Wildman–Crippen LogP) is 4.36. The van der Waals surface area contributed by atoms with E-state index in [0.717, 1.165) is 20.3 Å². The van der Waals surface area contributed by atoms with Gasteiger partial charge in [-0.1, -0.05) is 23.7 Å². The molecule has 0 heterocycles. The van der Waals surface area contributed by atoms with Crippen LogP contribution in [0.4, 0.5) is 18.9 Å². The third kappa shape index (κ3) is 4.48. The largest absolute Gasteiger partial charge is 0.468 e. The van der Waals surface area contributed by atoms with Gasteiger partial charge in [-0.25, -0.2) is 4.79 Å². The van der Waals surface area contributed by atoms with Gasteiger partial charge in [-0.05, 0) is 18.2 Å². The fourth-order valence-electron chi connectivity index (χ4n) is 2.76. The molecule has 0 aliphatic carbocycles. The number of halogens is 4. The molecule has 2 aromatic rings. The second-order valence-electron chi connectivity index (χ2n) is 5.68. The maximum atomic E-state index is 13.0. The van der Waals surface area contributed by atoms with Crippen LogP contribution in [0.25, 0.3) is 0 Å². The number of alkyl halides is 3. The molecule has 1 unspecified atom stereocenters. The standard InChI is InChI=1S/C18H13ClF3NO6/c1-28-16(24)11-4-3-5-12(19)14(11)15(17(25)29-2)10-7-6-9(18(20,21)22)8-13(10)23(26)27/h3-8,15H,1-2H3. The third-order valence-electron chi connectivity index (χ3n) is 4.05. The van der Waals surface area contributed by atoms with Crippen LogP contribution in [-0.4, -0.2) is 31.1 Å². The minimum Gasteiger partial charge on any atom is -0.468 e. The number of hydrogen-bond donors (Lipinski definition) is 0. The molecule has 29 heavy (non-hydrogen) atoms. The summed E-state index contributed by atoms with van der Waals surface area (Å²) in [5.74, 6) is -3.61. The maximum absolute atomic E-state index is 13.0. The van der Waals surface area contributed by atoms with Crippen molar-refractivity contribution < 1.29 is 37.2 Å². The molecule has 0 N–H and O–H groups in total. The summed E-state index contributed by atoms with van der Waals surface area (Å²) in [5, 5.41) is 11.3. The van der Waals surface area contributed by atoms with E-state index in [1.165, 1.54) is 18.2 Å². The maximum Gasteiger partial charge on any atom is 0.416 e. The first-order chi connectivity index (χ1) is 13.5. The highest BCUT2D eigenvalue weighted by atomic mass is 35.5. The van der Waals surface area contributed by atoms with Crippen LogP contribution in [0.3, 0.4) is 0 Å². The van der Waals surface area contributed by atoms with Crippen molar-refractivity contribution in [1.82, 2.24) is 0 Å². The van der Waals surface area contributed by atoms with Gasteiger partial charge in [-0.3, -0.25) is 14.9 Å². The molecule has 0 aliphatic rings. The lowest BCUT2D eigenvalue weighted by atomic mass is 9.86. The van der Waals surface area contributed by atoms with Crippen LogP contribution in [0.1, 0.15) is 33.0 Å². The lowest BCUT2D eigenvalue weighted by Gasteiger charge is -2.20. The summed E-state index contributed by atoms with van der Waals surface area (Å²) in [6.45, 7) is 0. The summed E-state index contributed by atoms with van der Waals surface area (Å²) in [6.07, 6.45) is -4.84. The average molecular weight is 432 g/mol. The van der Waals surface area contributed by atoms with E-state index in [2.05, 4.69) is 9.47 Å². The van der Waals surface area contributed by atoms with E-state index in [9.17, 15) is 32.9 Å². The van der Waals surface area contributed by atoms with Crippen molar-refractivity contribution in [3.8, 4) is 0 Å². The Labute approximate surface area is 167 Å². The first-order valence-corrected chi connectivity index (χ1v) is 8.20. The number of carbonyl (C=O) groups excluding carboxylic acids is 2. The van der Waals surface area contributed by atoms with Crippen LogP contribution in [0.5, 0.6) is 0 Å². The minimum absolute atomic E-state index is 0.127. The number of nitro benzene ring substituents is 1. The Morgan fingerprint density at radius 1 is 1.14 bits per heavy atom. The molecular formula is C18H13ClF3NO6. The summed E-state index contributed by atoms with van der Waals surface area (Å²) >= 11 is 6.15. The summed E-state index contributed by atoms with van der Waals surface area (Å²) in [5.41, 5.74) is -3.05. The van der Waals surface area contributed by atoms with Gasteiger partial charge in [-0.2, -0.15) is 13.2 Å². The van der Waals surface area contributed by atoms with E-state index in [0.29, 0.717) is 12.1 Å². The van der Waals surface area contributed by atoms with Crippen LogP contribution in [0, 0.1) is 10.1 Å². The summed E-state index contributed by atoms with van der Waals surface area (Å²) in [4.78, 5) is 35.0. The molecule has 154 valence electrons. The molecule has 0 saturated carbocycles. The lowest BCUT2D eigenvalue weighted by molar-refractivity contribution is -0.385. The van der Waals surface area contributed by atoms with Crippen molar-refractivity contribution in [2.75, 3.05) is 14.2 Å². The van der Waals surface area contributed by atoms with Crippen molar-refractivity contribution in [2.45, 2.75) is 12.1 Å². The van der Waals surface area contributed by atoms with Gasteiger partial charge >= 0.3 is 18.1 Å². The quantitative estimate of drug-likeness (QED) is 0.396. The number of benzene rings is 2. The Bertz CT molecular complexity index is 977. The van der Waals surface area contributed by atoms with Crippen LogP contribution < -0.4 is 0 Å². The molecule has 0 saturated heterocycles. The highest BCUT2D eigenvalue weighted by Gasteiger charge is 2.38. The van der Waals surface area contributed by atoms with Gasteiger partial charge in [0.25, 0.3) is 5.69 Å². The molecule has 0 fully saturated rings. The normalized spacial score (nSPS) is 12.2. The highest BCUT2D eigenvalue weighted by molar-refractivity contribution is 6.32. The number of nitrogens with zero attached hydrogens (tertiary/aromatic N) is 1. The fraction of sp³-hybridized carbons (Fsp3) is 0.222. The van der Waals surface area contributed by atoms with E-state index in [4.69, 9.17) is 11.6 Å². The van der Waals surface area contributed by atoms with Crippen LogP contribution in [0.15, 0.2) is 36.4 Å². The van der Waals surface area contributed by atoms with E-state index in [-0.39, 0.29) is 16.1 Å². The third-order valence-corrected chi connectivity index (χ3v) is 4.38. The van der Waals surface area contributed by atoms with Crippen molar-refractivity contribution in [1.29, 1.82) is 0 Å².